The zero-order valence-electron chi connectivity index (χ0n) is 11.2. The van der Waals surface area contributed by atoms with E-state index in [9.17, 15) is 0 Å². The van der Waals surface area contributed by atoms with Crippen molar-refractivity contribution in [2.24, 2.45) is 0 Å². The Morgan fingerprint density at radius 1 is 0.750 bits per heavy atom. The van der Waals surface area contributed by atoms with Crippen LogP contribution in [0.4, 0.5) is 0 Å². The van der Waals surface area contributed by atoms with Crippen molar-refractivity contribution in [3.63, 3.8) is 0 Å². The molecule has 94 valence electrons. The second kappa shape index (κ2) is 14.5. The van der Waals surface area contributed by atoms with Crippen LogP contribution in [0.15, 0.2) is 24.8 Å². The summed E-state index contributed by atoms with van der Waals surface area (Å²) in [5.41, 5.74) is 0. The molecule has 0 fully saturated rings. The van der Waals surface area contributed by atoms with Crippen LogP contribution < -0.4 is 0 Å². The summed E-state index contributed by atoms with van der Waals surface area (Å²) < 4.78 is 0. The molecule has 0 aliphatic carbocycles. The van der Waals surface area contributed by atoms with Crippen LogP contribution in [0.2, 0.25) is 0 Å². The fourth-order valence-electron chi connectivity index (χ4n) is 1.94. The summed E-state index contributed by atoms with van der Waals surface area (Å²) >= 11 is 0. The van der Waals surface area contributed by atoms with E-state index in [1.807, 2.05) is 12.2 Å². The predicted octanol–water partition coefficient (Wildman–Crippen LogP) is 6.04. The van der Waals surface area contributed by atoms with E-state index in [0.717, 1.165) is 0 Å². The first-order chi connectivity index (χ1) is 7.91. The summed E-state index contributed by atoms with van der Waals surface area (Å²) in [5.74, 6) is 0. The summed E-state index contributed by atoms with van der Waals surface area (Å²) in [6.45, 7) is 5.94. The number of hydrogen-bond donors (Lipinski definition) is 0. The minimum absolute atomic E-state index is 1.22. The molecule has 0 spiro atoms. The smallest absolute Gasteiger partial charge is 0.0348 e. The molecule has 0 saturated heterocycles. The van der Waals surface area contributed by atoms with Crippen molar-refractivity contribution in [3.05, 3.63) is 24.8 Å². The van der Waals surface area contributed by atoms with Crippen LogP contribution in [-0.4, -0.2) is 0 Å². The molecule has 16 heavy (non-hydrogen) atoms. The number of allylic oxidation sites excluding steroid dienone is 3. The largest absolute Gasteiger partial charge is 0.0991 e. The number of unbranched alkanes of at least 4 members (excludes halogenated alkanes) is 10. The average molecular weight is 222 g/mol. The molecule has 0 radical (unpaired) electrons. The van der Waals surface area contributed by atoms with E-state index in [2.05, 4.69) is 19.6 Å². The summed E-state index contributed by atoms with van der Waals surface area (Å²) in [6.07, 6.45) is 21.6. The van der Waals surface area contributed by atoms with Gasteiger partial charge in [-0.15, -0.1) is 0 Å². The third-order valence-corrected chi connectivity index (χ3v) is 3.00. The van der Waals surface area contributed by atoms with E-state index in [0.29, 0.717) is 0 Å². The van der Waals surface area contributed by atoms with Gasteiger partial charge in [-0.2, -0.15) is 0 Å². The van der Waals surface area contributed by atoms with Gasteiger partial charge in [0.25, 0.3) is 0 Å². The maximum absolute atomic E-state index is 3.66. The van der Waals surface area contributed by atoms with Crippen molar-refractivity contribution >= 4 is 0 Å². The molecular weight excluding hydrogens is 192 g/mol. The third-order valence-electron chi connectivity index (χ3n) is 3.00. The van der Waals surface area contributed by atoms with Crippen LogP contribution in [0, 0.1) is 0 Å². The van der Waals surface area contributed by atoms with Gasteiger partial charge in [0.1, 0.15) is 0 Å². The molecule has 0 aromatic carbocycles. The Morgan fingerprint density at radius 2 is 1.25 bits per heavy atom. The van der Waals surface area contributed by atoms with E-state index in [1.165, 1.54) is 70.6 Å². The Kier molecular flexibility index (Phi) is 14.0. The Labute approximate surface area is 103 Å². The van der Waals surface area contributed by atoms with E-state index in [-0.39, 0.29) is 0 Å². The first-order valence-corrected chi connectivity index (χ1v) is 7.19. The Balaban J connectivity index is 2.93. The molecule has 0 amide bonds. The lowest BCUT2D eigenvalue weighted by molar-refractivity contribution is 0.557. The van der Waals surface area contributed by atoms with Crippen LogP contribution in [-0.2, 0) is 0 Å². The number of rotatable bonds is 12. The van der Waals surface area contributed by atoms with Gasteiger partial charge in [0.15, 0.2) is 0 Å². The highest BCUT2D eigenvalue weighted by molar-refractivity contribution is 4.96. The summed E-state index contributed by atoms with van der Waals surface area (Å²) in [5, 5.41) is 0. The standard InChI is InChI=1S/C16H30/c1-3-5-7-9-11-13-15-16-14-12-10-8-6-4-2/h3,5,7H,1,4,6,8-16H2,2H3. The van der Waals surface area contributed by atoms with Crippen molar-refractivity contribution in [2.45, 2.75) is 77.6 Å². The van der Waals surface area contributed by atoms with Crippen molar-refractivity contribution in [3.8, 4) is 0 Å². The third kappa shape index (κ3) is 13.5. The molecule has 0 unspecified atom stereocenters. The van der Waals surface area contributed by atoms with Crippen LogP contribution in [0.5, 0.6) is 0 Å². The lowest BCUT2D eigenvalue weighted by Gasteiger charge is -2.01. The Hall–Kier alpha value is -0.520. The van der Waals surface area contributed by atoms with Gasteiger partial charge in [-0.05, 0) is 12.8 Å². The average Bonchev–Trinajstić information content (AvgIpc) is 2.31. The molecule has 0 aliphatic rings. The minimum Gasteiger partial charge on any atom is -0.0991 e. The normalized spacial score (nSPS) is 11.1. The maximum atomic E-state index is 3.66. The van der Waals surface area contributed by atoms with Gasteiger partial charge in [-0.25, -0.2) is 0 Å². The van der Waals surface area contributed by atoms with Crippen LogP contribution >= 0.6 is 0 Å². The summed E-state index contributed by atoms with van der Waals surface area (Å²) in [4.78, 5) is 0. The van der Waals surface area contributed by atoms with Crippen molar-refractivity contribution < 1.29 is 0 Å². The van der Waals surface area contributed by atoms with Crippen molar-refractivity contribution in [2.75, 3.05) is 0 Å². The lowest BCUT2D eigenvalue weighted by Crippen LogP contribution is -1.81. The summed E-state index contributed by atoms with van der Waals surface area (Å²) in [6, 6.07) is 0. The van der Waals surface area contributed by atoms with Gasteiger partial charge >= 0.3 is 0 Å². The molecule has 0 atom stereocenters. The molecule has 0 saturated carbocycles. The molecule has 0 aromatic rings. The zero-order valence-corrected chi connectivity index (χ0v) is 11.2. The van der Waals surface area contributed by atoms with Gasteiger partial charge in [0, 0.05) is 0 Å². The van der Waals surface area contributed by atoms with Crippen LogP contribution in [0.3, 0.4) is 0 Å². The fraction of sp³-hybridized carbons (Fsp3) is 0.750. The Bertz CT molecular complexity index is 155. The first-order valence-electron chi connectivity index (χ1n) is 7.19. The van der Waals surface area contributed by atoms with Crippen LogP contribution in [0.25, 0.3) is 0 Å². The van der Waals surface area contributed by atoms with Gasteiger partial charge in [0.2, 0.25) is 0 Å². The monoisotopic (exact) mass is 222 g/mol. The molecule has 0 bridgehead atoms. The van der Waals surface area contributed by atoms with Gasteiger partial charge in [0.05, 0.1) is 0 Å². The molecule has 0 heteroatoms. The minimum atomic E-state index is 1.22. The molecule has 0 N–H and O–H groups in total. The second-order valence-corrected chi connectivity index (χ2v) is 4.63. The molecule has 0 aliphatic heterocycles. The van der Waals surface area contributed by atoms with E-state index < -0.39 is 0 Å². The Morgan fingerprint density at radius 3 is 1.75 bits per heavy atom. The highest BCUT2D eigenvalue weighted by Crippen LogP contribution is 2.11. The first kappa shape index (κ1) is 15.5. The van der Waals surface area contributed by atoms with Crippen molar-refractivity contribution in [1.82, 2.24) is 0 Å². The van der Waals surface area contributed by atoms with E-state index in [4.69, 9.17) is 0 Å². The van der Waals surface area contributed by atoms with Crippen molar-refractivity contribution in [1.29, 1.82) is 0 Å². The SMILES string of the molecule is C=CC=CCCCCCCCCCCCC. The van der Waals surface area contributed by atoms with Crippen LogP contribution in [0.1, 0.15) is 77.6 Å². The fourth-order valence-corrected chi connectivity index (χ4v) is 1.94. The lowest BCUT2D eigenvalue weighted by atomic mass is 10.1. The molecular formula is C16H30. The second-order valence-electron chi connectivity index (χ2n) is 4.63. The predicted molar refractivity (Wildman–Crippen MR) is 75.8 cm³/mol. The maximum Gasteiger partial charge on any atom is -0.0348 e. The van der Waals surface area contributed by atoms with Gasteiger partial charge in [-0.3, -0.25) is 0 Å². The topological polar surface area (TPSA) is 0 Å². The highest BCUT2D eigenvalue weighted by Gasteiger charge is 1.91. The van der Waals surface area contributed by atoms with Gasteiger partial charge < -0.3 is 0 Å². The molecule has 0 rings (SSSR count). The van der Waals surface area contributed by atoms with Gasteiger partial charge in [-0.1, -0.05) is 89.5 Å². The molecule has 0 heterocycles. The zero-order chi connectivity index (χ0) is 11.9. The quantitative estimate of drug-likeness (QED) is 0.279. The highest BCUT2D eigenvalue weighted by atomic mass is 14.0. The molecule has 0 nitrogen and oxygen atoms in total. The van der Waals surface area contributed by atoms with E-state index >= 15 is 0 Å². The van der Waals surface area contributed by atoms with E-state index in [1.54, 1.807) is 0 Å². The summed E-state index contributed by atoms with van der Waals surface area (Å²) in [7, 11) is 0. The molecule has 0 aromatic heterocycles. The number of hydrogen-bond acceptors (Lipinski definition) is 0.